The Morgan fingerprint density at radius 2 is 1.92 bits per heavy atom. The number of aromatic nitrogens is 2. The maximum absolute atomic E-state index is 5.41. The molecule has 0 spiro atoms. The van der Waals surface area contributed by atoms with Gasteiger partial charge in [0.2, 0.25) is 0 Å². The van der Waals surface area contributed by atoms with Crippen molar-refractivity contribution in [2.45, 2.75) is 32.1 Å². The number of benzene rings is 1. The molecule has 0 fully saturated rings. The molecule has 0 saturated carbocycles. The minimum atomic E-state index is 0.696. The molecule has 138 valence electrons. The molecule has 6 heteroatoms. The van der Waals surface area contributed by atoms with Crippen LogP contribution in [0.25, 0.3) is 0 Å². The van der Waals surface area contributed by atoms with Crippen molar-refractivity contribution in [2.24, 2.45) is 0 Å². The Balaban J connectivity index is 1.61. The number of anilines is 3. The van der Waals surface area contributed by atoms with E-state index in [1.807, 2.05) is 24.3 Å². The van der Waals surface area contributed by atoms with Crippen molar-refractivity contribution < 1.29 is 9.47 Å². The highest BCUT2D eigenvalue weighted by Gasteiger charge is 2.07. The number of rotatable bonds is 8. The highest BCUT2D eigenvalue weighted by molar-refractivity contribution is 5.66. The van der Waals surface area contributed by atoms with Crippen LogP contribution < -0.4 is 20.1 Å². The Kier molecular flexibility index (Phi) is 6.30. The van der Waals surface area contributed by atoms with Gasteiger partial charge in [-0.15, -0.1) is 0 Å². The Labute approximate surface area is 154 Å². The van der Waals surface area contributed by atoms with Crippen molar-refractivity contribution in [1.82, 2.24) is 9.97 Å². The van der Waals surface area contributed by atoms with Crippen LogP contribution >= 0.6 is 0 Å². The molecule has 1 heterocycles. The van der Waals surface area contributed by atoms with Crippen molar-refractivity contribution in [3.8, 4) is 11.5 Å². The molecule has 1 aromatic carbocycles. The summed E-state index contributed by atoms with van der Waals surface area (Å²) < 4.78 is 10.6. The van der Waals surface area contributed by atoms with Gasteiger partial charge in [0, 0.05) is 18.7 Å². The van der Waals surface area contributed by atoms with Gasteiger partial charge in [0.1, 0.15) is 29.5 Å². The molecule has 0 aliphatic heterocycles. The number of ether oxygens (including phenoxy) is 2. The smallest absolute Gasteiger partial charge is 0.146 e. The van der Waals surface area contributed by atoms with Gasteiger partial charge in [-0.25, -0.2) is 9.97 Å². The van der Waals surface area contributed by atoms with E-state index in [0.29, 0.717) is 11.6 Å². The molecule has 1 aromatic heterocycles. The van der Waals surface area contributed by atoms with Crippen LogP contribution in [0.5, 0.6) is 11.5 Å². The third-order valence-electron chi connectivity index (χ3n) is 4.48. The number of nitrogens with zero attached hydrogens (tertiary/aromatic N) is 2. The molecule has 0 bridgehead atoms. The lowest BCUT2D eigenvalue weighted by Crippen LogP contribution is -2.06. The summed E-state index contributed by atoms with van der Waals surface area (Å²) in [6, 6.07) is 7.52. The standard InChI is InChI=1S/C20H26N4O2/c1-25-16-8-9-17(18(12-16)26-2)24-20-13-19(22-14-23-20)21-11-10-15-6-4-3-5-7-15/h6,8-9,12-14H,3-5,7,10-11H2,1-2H3,(H2,21,22,23,24). The fraction of sp³-hybridized carbons (Fsp3) is 0.400. The summed E-state index contributed by atoms with van der Waals surface area (Å²) in [4.78, 5) is 8.59. The molecule has 1 aliphatic rings. The fourth-order valence-corrected chi connectivity index (χ4v) is 3.04. The monoisotopic (exact) mass is 354 g/mol. The zero-order valence-electron chi connectivity index (χ0n) is 15.4. The minimum Gasteiger partial charge on any atom is -0.497 e. The van der Waals surface area contributed by atoms with E-state index in [2.05, 4.69) is 26.7 Å². The summed E-state index contributed by atoms with van der Waals surface area (Å²) in [5.74, 6) is 2.96. The first-order valence-corrected chi connectivity index (χ1v) is 9.01. The Morgan fingerprint density at radius 3 is 2.69 bits per heavy atom. The average Bonchev–Trinajstić information content (AvgIpc) is 2.69. The van der Waals surface area contributed by atoms with Gasteiger partial charge in [-0.1, -0.05) is 11.6 Å². The lowest BCUT2D eigenvalue weighted by Gasteiger charge is -2.14. The van der Waals surface area contributed by atoms with E-state index in [1.165, 1.54) is 25.7 Å². The Bertz CT molecular complexity index is 761. The van der Waals surface area contributed by atoms with Crippen LogP contribution in [-0.2, 0) is 0 Å². The summed E-state index contributed by atoms with van der Waals surface area (Å²) in [7, 11) is 3.26. The van der Waals surface area contributed by atoms with Crippen molar-refractivity contribution in [2.75, 3.05) is 31.4 Å². The number of allylic oxidation sites excluding steroid dienone is 1. The van der Waals surface area contributed by atoms with E-state index in [0.717, 1.165) is 30.2 Å². The van der Waals surface area contributed by atoms with Gasteiger partial charge < -0.3 is 20.1 Å². The second-order valence-corrected chi connectivity index (χ2v) is 6.26. The van der Waals surface area contributed by atoms with Gasteiger partial charge in [0.05, 0.1) is 19.9 Å². The van der Waals surface area contributed by atoms with Crippen molar-refractivity contribution in [3.05, 3.63) is 42.2 Å². The third kappa shape index (κ3) is 4.88. The molecule has 2 N–H and O–H groups in total. The quantitative estimate of drug-likeness (QED) is 0.678. The van der Waals surface area contributed by atoms with Gasteiger partial charge in [0.15, 0.2) is 0 Å². The van der Waals surface area contributed by atoms with Gasteiger partial charge >= 0.3 is 0 Å². The zero-order chi connectivity index (χ0) is 18.2. The average molecular weight is 354 g/mol. The second kappa shape index (κ2) is 9.08. The summed E-state index contributed by atoms with van der Waals surface area (Å²) >= 11 is 0. The number of hydrogen-bond donors (Lipinski definition) is 2. The summed E-state index contributed by atoms with van der Waals surface area (Å²) in [5, 5.41) is 6.65. The van der Waals surface area contributed by atoms with Crippen LogP contribution in [0.4, 0.5) is 17.3 Å². The van der Waals surface area contributed by atoms with Crippen LogP contribution in [0.3, 0.4) is 0 Å². The van der Waals surface area contributed by atoms with Crippen LogP contribution in [0, 0.1) is 0 Å². The van der Waals surface area contributed by atoms with Crippen LogP contribution in [0.15, 0.2) is 42.2 Å². The van der Waals surface area contributed by atoms with E-state index < -0.39 is 0 Å². The molecule has 3 rings (SSSR count). The SMILES string of the molecule is COc1ccc(Nc2cc(NCCC3=CCCCC3)ncn2)c(OC)c1. The maximum atomic E-state index is 5.41. The lowest BCUT2D eigenvalue weighted by atomic mass is 9.97. The molecule has 1 aliphatic carbocycles. The van der Waals surface area contributed by atoms with E-state index in [1.54, 1.807) is 26.1 Å². The molecule has 0 saturated heterocycles. The van der Waals surface area contributed by atoms with Gasteiger partial charge in [-0.3, -0.25) is 0 Å². The maximum Gasteiger partial charge on any atom is 0.146 e. The van der Waals surface area contributed by atoms with E-state index in [9.17, 15) is 0 Å². The Hall–Kier alpha value is -2.76. The minimum absolute atomic E-state index is 0.696. The second-order valence-electron chi connectivity index (χ2n) is 6.26. The molecule has 26 heavy (non-hydrogen) atoms. The normalized spacial score (nSPS) is 13.7. The third-order valence-corrected chi connectivity index (χ3v) is 4.48. The predicted octanol–water partition coefficient (Wildman–Crippen LogP) is 4.54. The predicted molar refractivity (Wildman–Crippen MR) is 105 cm³/mol. The molecule has 2 aromatic rings. The zero-order valence-corrected chi connectivity index (χ0v) is 15.4. The molecule has 0 radical (unpaired) electrons. The molecule has 0 atom stereocenters. The Morgan fingerprint density at radius 1 is 1.04 bits per heavy atom. The summed E-state index contributed by atoms with van der Waals surface area (Å²) in [6.45, 7) is 0.883. The van der Waals surface area contributed by atoms with E-state index in [-0.39, 0.29) is 0 Å². The van der Waals surface area contributed by atoms with Crippen LogP contribution in [0.2, 0.25) is 0 Å². The van der Waals surface area contributed by atoms with Gasteiger partial charge in [-0.2, -0.15) is 0 Å². The number of methoxy groups -OCH3 is 2. The molecular formula is C20H26N4O2. The highest BCUT2D eigenvalue weighted by Crippen LogP contribution is 2.31. The lowest BCUT2D eigenvalue weighted by molar-refractivity contribution is 0.395. The molecular weight excluding hydrogens is 328 g/mol. The van der Waals surface area contributed by atoms with Crippen molar-refractivity contribution >= 4 is 17.3 Å². The first kappa shape index (κ1) is 18.0. The largest absolute Gasteiger partial charge is 0.497 e. The van der Waals surface area contributed by atoms with Crippen molar-refractivity contribution in [1.29, 1.82) is 0 Å². The van der Waals surface area contributed by atoms with Gasteiger partial charge in [-0.05, 0) is 44.2 Å². The molecule has 0 amide bonds. The first-order chi connectivity index (χ1) is 12.8. The fourth-order valence-electron chi connectivity index (χ4n) is 3.04. The first-order valence-electron chi connectivity index (χ1n) is 9.01. The topological polar surface area (TPSA) is 68.3 Å². The van der Waals surface area contributed by atoms with Gasteiger partial charge in [0.25, 0.3) is 0 Å². The van der Waals surface area contributed by atoms with Crippen LogP contribution in [-0.4, -0.2) is 30.7 Å². The van der Waals surface area contributed by atoms with Crippen LogP contribution in [0.1, 0.15) is 32.1 Å². The summed E-state index contributed by atoms with van der Waals surface area (Å²) in [5.41, 5.74) is 2.38. The molecule has 6 nitrogen and oxygen atoms in total. The highest BCUT2D eigenvalue weighted by atomic mass is 16.5. The number of hydrogen-bond acceptors (Lipinski definition) is 6. The number of nitrogens with one attached hydrogen (secondary N) is 2. The summed E-state index contributed by atoms with van der Waals surface area (Å²) in [6.07, 6.45) is 10.1. The van der Waals surface area contributed by atoms with E-state index >= 15 is 0 Å². The van der Waals surface area contributed by atoms with E-state index in [4.69, 9.17) is 9.47 Å². The van der Waals surface area contributed by atoms with Crippen molar-refractivity contribution in [3.63, 3.8) is 0 Å². The molecule has 0 unspecified atom stereocenters.